The van der Waals surface area contributed by atoms with E-state index in [2.05, 4.69) is 0 Å². The van der Waals surface area contributed by atoms with E-state index in [-0.39, 0.29) is 92.6 Å². The first kappa shape index (κ1) is 14.5. The predicted molar refractivity (Wildman–Crippen MR) is 31.4 cm³/mol. The number of phenols is 3. The Kier molecular flexibility index (Phi) is 8.57. The maximum absolute atomic E-state index is 8.69. The molecule has 0 aliphatic rings. The number of benzene rings is 1. The van der Waals surface area contributed by atoms with E-state index in [1.807, 2.05) is 0 Å². The van der Waals surface area contributed by atoms with Crippen molar-refractivity contribution in [2.75, 3.05) is 0 Å². The van der Waals surface area contributed by atoms with Gasteiger partial charge in [0, 0.05) is 6.07 Å². The normalized spacial score (nSPS) is 7.64. The van der Waals surface area contributed by atoms with Crippen molar-refractivity contribution in [1.29, 1.82) is 0 Å². The summed E-state index contributed by atoms with van der Waals surface area (Å²) in [5.74, 6) is -0.604. The molecule has 0 aliphatic carbocycles. The van der Waals surface area contributed by atoms with E-state index in [1.165, 1.54) is 12.1 Å². The summed E-state index contributed by atoms with van der Waals surface area (Å²) in [7, 11) is 0. The molecular formula is C6H6IKO3. The average molecular weight is 292 g/mol. The zero-order valence-corrected chi connectivity index (χ0v) is 11.2. The summed E-state index contributed by atoms with van der Waals surface area (Å²) < 4.78 is 0. The summed E-state index contributed by atoms with van der Waals surface area (Å²) in [5, 5.41) is 26.0. The minimum atomic E-state index is -0.310. The molecule has 0 unspecified atom stereocenters. The summed E-state index contributed by atoms with van der Waals surface area (Å²) in [5.41, 5.74) is 0. The largest absolute Gasteiger partial charge is 1.00 e. The Bertz CT molecular complexity index is 229. The van der Waals surface area contributed by atoms with Crippen molar-refractivity contribution in [3.05, 3.63) is 18.2 Å². The zero-order valence-electron chi connectivity index (χ0n) is 5.95. The van der Waals surface area contributed by atoms with Gasteiger partial charge < -0.3 is 39.3 Å². The maximum Gasteiger partial charge on any atom is 1.00 e. The van der Waals surface area contributed by atoms with Crippen molar-refractivity contribution >= 4 is 0 Å². The first-order valence-electron chi connectivity index (χ1n) is 2.41. The zero-order chi connectivity index (χ0) is 6.85. The number of hydrogen-bond acceptors (Lipinski definition) is 3. The number of phenolic OH excluding ortho intramolecular Hbond substituents is 3. The topological polar surface area (TPSA) is 60.7 Å². The van der Waals surface area contributed by atoms with Gasteiger partial charge in [-0.3, -0.25) is 0 Å². The van der Waals surface area contributed by atoms with Crippen LogP contribution >= 0.6 is 0 Å². The van der Waals surface area contributed by atoms with E-state index in [0.29, 0.717) is 0 Å². The summed E-state index contributed by atoms with van der Waals surface area (Å²) in [4.78, 5) is 0. The Hall–Kier alpha value is 0.986. The second-order valence-electron chi connectivity index (χ2n) is 1.67. The van der Waals surface area contributed by atoms with Gasteiger partial charge in [0.2, 0.25) is 0 Å². The molecule has 3 N–H and O–H groups in total. The molecule has 0 bridgehead atoms. The molecule has 0 saturated heterocycles. The molecule has 3 nitrogen and oxygen atoms in total. The molecular weight excluding hydrogens is 286 g/mol. The molecule has 0 fully saturated rings. The van der Waals surface area contributed by atoms with Crippen LogP contribution in [0.4, 0.5) is 0 Å². The van der Waals surface area contributed by atoms with Gasteiger partial charge in [0.15, 0.2) is 11.5 Å². The first-order chi connectivity index (χ1) is 4.20. The third kappa shape index (κ3) is 4.54. The van der Waals surface area contributed by atoms with Crippen LogP contribution in [0.2, 0.25) is 0 Å². The SMILES string of the molecule is Oc1ccc(O)c(O)c1.[I-].[K+]. The van der Waals surface area contributed by atoms with E-state index < -0.39 is 0 Å². The van der Waals surface area contributed by atoms with E-state index in [1.54, 1.807) is 0 Å². The van der Waals surface area contributed by atoms with Crippen LogP contribution in [0.5, 0.6) is 17.2 Å². The molecule has 1 aromatic carbocycles. The van der Waals surface area contributed by atoms with Gasteiger partial charge in [-0.2, -0.15) is 0 Å². The Labute approximate surface area is 124 Å². The number of rotatable bonds is 0. The van der Waals surface area contributed by atoms with Gasteiger partial charge in [0.25, 0.3) is 0 Å². The molecule has 0 heterocycles. The monoisotopic (exact) mass is 292 g/mol. The Morgan fingerprint density at radius 1 is 0.909 bits per heavy atom. The minimum absolute atomic E-state index is 0. The second kappa shape index (κ2) is 6.50. The Balaban J connectivity index is 0. The van der Waals surface area contributed by atoms with Crippen LogP contribution in [0.3, 0.4) is 0 Å². The van der Waals surface area contributed by atoms with Crippen LogP contribution < -0.4 is 75.4 Å². The Morgan fingerprint density at radius 2 is 1.45 bits per heavy atom. The molecule has 0 atom stereocenters. The fourth-order valence-corrected chi connectivity index (χ4v) is 0.512. The smallest absolute Gasteiger partial charge is 1.00 e. The van der Waals surface area contributed by atoms with E-state index in [0.717, 1.165) is 6.07 Å². The van der Waals surface area contributed by atoms with Crippen LogP contribution in [0, 0.1) is 0 Å². The van der Waals surface area contributed by atoms with E-state index in [4.69, 9.17) is 15.3 Å². The quantitative estimate of drug-likeness (QED) is 0.194. The second-order valence-corrected chi connectivity index (χ2v) is 1.67. The van der Waals surface area contributed by atoms with Crippen molar-refractivity contribution in [3.8, 4) is 17.2 Å². The van der Waals surface area contributed by atoms with Crippen LogP contribution in [0.25, 0.3) is 0 Å². The van der Waals surface area contributed by atoms with Crippen LogP contribution in [0.1, 0.15) is 0 Å². The van der Waals surface area contributed by atoms with Gasteiger partial charge in [-0.1, -0.05) is 0 Å². The van der Waals surface area contributed by atoms with Crippen molar-refractivity contribution < 1.29 is 90.7 Å². The van der Waals surface area contributed by atoms with E-state index >= 15 is 0 Å². The fourth-order valence-electron chi connectivity index (χ4n) is 0.512. The summed E-state index contributed by atoms with van der Waals surface area (Å²) in [6, 6.07) is 3.56. The van der Waals surface area contributed by atoms with Crippen molar-refractivity contribution in [2.45, 2.75) is 0 Å². The summed E-state index contributed by atoms with van der Waals surface area (Å²) in [6.07, 6.45) is 0. The molecule has 0 saturated carbocycles. The molecule has 0 aromatic heterocycles. The van der Waals surface area contributed by atoms with Crippen LogP contribution in [-0.4, -0.2) is 15.3 Å². The molecule has 11 heavy (non-hydrogen) atoms. The first-order valence-corrected chi connectivity index (χ1v) is 2.41. The van der Waals surface area contributed by atoms with Crippen LogP contribution in [-0.2, 0) is 0 Å². The van der Waals surface area contributed by atoms with Gasteiger partial charge in [-0.25, -0.2) is 0 Å². The Morgan fingerprint density at radius 3 is 1.82 bits per heavy atom. The molecule has 0 aliphatic heterocycles. The van der Waals surface area contributed by atoms with Gasteiger partial charge in [-0.05, 0) is 12.1 Å². The summed E-state index contributed by atoms with van der Waals surface area (Å²) in [6.45, 7) is 0. The predicted octanol–water partition coefficient (Wildman–Crippen LogP) is -5.19. The molecule has 5 heteroatoms. The average Bonchev–Trinajstić information content (AvgIpc) is 1.80. The number of hydrogen-bond donors (Lipinski definition) is 3. The molecule has 1 rings (SSSR count). The fraction of sp³-hybridized carbons (Fsp3) is 0. The van der Waals surface area contributed by atoms with Crippen molar-refractivity contribution in [3.63, 3.8) is 0 Å². The third-order valence-corrected chi connectivity index (χ3v) is 0.959. The van der Waals surface area contributed by atoms with Gasteiger partial charge >= 0.3 is 51.4 Å². The molecule has 0 radical (unpaired) electrons. The van der Waals surface area contributed by atoms with Crippen molar-refractivity contribution in [2.24, 2.45) is 0 Å². The molecule has 56 valence electrons. The van der Waals surface area contributed by atoms with Gasteiger partial charge in [0.1, 0.15) is 5.75 Å². The molecule has 1 aromatic rings. The van der Waals surface area contributed by atoms with Crippen molar-refractivity contribution in [1.82, 2.24) is 0 Å². The summed E-state index contributed by atoms with van der Waals surface area (Å²) >= 11 is 0. The standard InChI is InChI=1S/C6H6O3.HI.K/c7-4-1-2-5(8)6(9)3-4;;/h1-3,7-9H;1H;/q;;+1/p-1. The molecule has 0 amide bonds. The maximum atomic E-state index is 8.69. The minimum Gasteiger partial charge on any atom is -1.00 e. The van der Waals surface area contributed by atoms with E-state index in [9.17, 15) is 0 Å². The number of aromatic hydroxyl groups is 3. The van der Waals surface area contributed by atoms with Crippen LogP contribution in [0.15, 0.2) is 18.2 Å². The van der Waals surface area contributed by atoms with Gasteiger partial charge in [-0.15, -0.1) is 0 Å². The number of halogens is 1. The van der Waals surface area contributed by atoms with Gasteiger partial charge in [0.05, 0.1) is 0 Å². The molecule has 0 spiro atoms. The third-order valence-electron chi connectivity index (χ3n) is 0.959.